The van der Waals surface area contributed by atoms with Crippen LogP contribution >= 0.6 is 11.6 Å². The van der Waals surface area contributed by atoms with Crippen molar-refractivity contribution in [3.05, 3.63) is 33.3 Å². The average molecular weight is 311 g/mol. The molecule has 4 nitrogen and oxygen atoms in total. The number of nitro benzene ring substituents is 1. The van der Waals surface area contributed by atoms with Crippen LogP contribution in [0.3, 0.4) is 0 Å². The van der Waals surface area contributed by atoms with Gasteiger partial charge in [-0.3, -0.25) is 10.1 Å². The van der Waals surface area contributed by atoms with Gasteiger partial charge in [-0.1, -0.05) is 38.3 Å². The Kier molecular flexibility index (Phi) is 5.45. The summed E-state index contributed by atoms with van der Waals surface area (Å²) in [6, 6.07) is 5.31. The zero-order valence-corrected chi connectivity index (χ0v) is 13.4. The highest BCUT2D eigenvalue weighted by atomic mass is 35.5. The molecule has 0 aliphatic heterocycles. The number of benzene rings is 1. The van der Waals surface area contributed by atoms with Crippen molar-refractivity contribution in [1.29, 1.82) is 0 Å². The Balaban J connectivity index is 1.98. The zero-order chi connectivity index (χ0) is 15.4. The molecule has 2 atom stereocenters. The Morgan fingerprint density at radius 1 is 1.29 bits per heavy atom. The smallest absolute Gasteiger partial charge is 0.288 e. The zero-order valence-electron chi connectivity index (χ0n) is 12.6. The fourth-order valence-electron chi connectivity index (χ4n) is 3.12. The van der Waals surface area contributed by atoms with Crippen molar-refractivity contribution in [3.63, 3.8) is 0 Å². The van der Waals surface area contributed by atoms with E-state index >= 15 is 0 Å². The number of nitro groups is 1. The molecule has 0 saturated heterocycles. The lowest BCUT2D eigenvalue weighted by atomic mass is 9.89. The van der Waals surface area contributed by atoms with E-state index in [0.29, 0.717) is 6.04 Å². The highest BCUT2D eigenvalue weighted by Crippen LogP contribution is 2.32. The molecule has 0 amide bonds. The first kappa shape index (κ1) is 16.1. The molecule has 0 bridgehead atoms. The van der Waals surface area contributed by atoms with Gasteiger partial charge in [0.15, 0.2) is 0 Å². The normalized spacial score (nSPS) is 22.9. The van der Waals surface area contributed by atoms with E-state index in [9.17, 15) is 10.1 Å². The Morgan fingerprint density at radius 2 is 2.05 bits per heavy atom. The third-order valence-electron chi connectivity index (χ3n) is 4.47. The van der Waals surface area contributed by atoms with Crippen LogP contribution in [-0.4, -0.2) is 11.0 Å². The predicted molar refractivity (Wildman–Crippen MR) is 86.9 cm³/mol. The van der Waals surface area contributed by atoms with E-state index in [1.54, 1.807) is 12.1 Å². The van der Waals surface area contributed by atoms with Crippen molar-refractivity contribution in [3.8, 4) is 0 Å². The highest BCUT2D eigenvalue weighted by molar-refractivity contribution is 6.32. The summed E-state index contributed by atoms with van der Waals surface area (Å²) in [7, 11) is 0. The molecule has 0 spiro atoms. The summed E-state index contributed by atoms with van der Waals surface area (Å²) in [5.74, 6) is 1.56. The second-order valence-corrected chi connectivity index (χ2v) is 6.68. The lowest BCUT2D eigenvalue weighted by Crippen LogP contribution is -2.18. The molecule has 1 fully saturated rings. The van der Waals surface area contributed by atoms with Gasteiger partial charge in [0.2, 0.25) is 0 Å². The minimum atomic E-state index is -0.453. The van der Waals surface area contributed by atoms with Crippen LogP contribution in [0, 0.1) is 22.0 Å². The largest absolute Gasteiger partial charge is 0.382 e. The van der Waals surface area contributed by atoms with E-state index in [2.05, 4.69) is 19.2 Å². The molecule has 1 aromatic rings. The Morgan fingerprint density at radius 3 is 2.67 bits per heavy atom. The van der Waals surface area contributed by atoms with Crippen molar-refractivity contribution in [1.82, 2.24) is 0 Å². The maximum atomic E-state index is 10.8. The molecule has 1 aliphatic carbocycles. The van der Waals surface area contributed by atoms with E-state index in [0.717, 1.165) is 30.4 Å². The maximum absolute atomic E-state index is 10.8. The number of nitrogens with one attached hydrogen (secondary N) is 1. The second kappa shape index (κ2) is 7.12. The van der Waals surface area contributed by atoms with Crippen molar-refractivity contribution in [2.45, 2.75) is 52.0 Å². The summed E-state index contributed by atoms with van der Waals surface area (Å²) in [4.78, 5) is 10.3. The van der Waals surface area contributed by atoms with Crippen LogP contribution in [0.15, 0.2) is 18.2 Å². The monoisotopic (exact) mass is 310 g/mol. The fourth-order valence-corrected chi connectivity index (χ4v) is 3.37. The molecule has 1 N–H and O–H groups in total. The van der Waals surface area contributed by atoms with Crippen molar-refractivity contribution >= 4 is 23.0 Å². The number of rotatable bonds is 4. The first-order valence-corrected chi connectivity index (χ1v) is 8.05. The number of hydrogen-bond donors (Lipinski definition) is 1. The van der Waals surface area contributed by atoms with E-state index < -0.39 is 4.92 Å². The number of halogens is 1. The maximum Gasteiger partial charge on any atom is 0.288 e. The summed E-state index contributed by atoms with van der Waals surface area (Å²) < 4.78 is 0. The minimum absolute atomic E-state index is 0.0389. The third kappa shape index (κ3) is 4.34. The van der Waals surface area contributed by atoms with Crippen LogP contribution in [0.2, 0.25) is 5.02 Å². The van der Waals surface area contributed by atoms with Crippen LogP contribution in [0.1, 0.15) is 46.0 Å². The van der Waals surface area contributed by atoms with Crippen LogP contribution in [-0.2, 0) is 0 Å². The average Bonchev–Trinajstić information content (AvgIpc) is 2.64. The van der Waals surface area contributed by atoms with E-state index in [4.69, 9.17) is 11.6 Å². The summed E-state index contributed by atoms with van der Waals surface area (Å²) in [6.07, 6.45) is 6.09. The molecular formula is C16H23ClN2O2. The second-order valence-electron chi connectivity index (χ2n) is 6.28. The van der Waals surface area contributed by atoms with Crippen LogP contribution in [0.4, 0.5) is 11.4 Å². The fraction of sp³-hybridized carbons (Fsp3) is 0.625. The van der Waals surface area contributed by atoms with Crippen LogP contribution in [0.5, 0.6) is 0 Å². The third-order valence-corrected chi connectivity index (χ3v) is 4.77. The van der Waals surface area contributed by atoms with Crippen LogP contribution < -0.4 is 5.32 Å². The number of anilines is 1. The van der Waals surface area contributed by atoms with Crippen molar-refractivity contribution in [2.24, 2.45) is 11.8 Å². The first-order valence-electron chi connectivity index (χ1n) is 7.68. The summed E-state index contributed by atoms with van der Waals surface area (Å²) in [5, 5.41) is 14.4. The Bertz CT molecular complexity index is 505. The summed E-state index contributed by atoms with van der Waals surface area (Å²) in [5.41, 5.74) is 0.835. The van der Waals surface area contributed by atoms with Gasteiger partial charge < -0.3 is 5.32 Å². The highest BCUT2D eigenvalue weighted by Gasteiger charge is 2.21. The quantitative estimate of drug-likeness (QED) is 0.468. The number of hydrogen-bond acceptors (Lipinski definition) is 3. The molecule has 1 aromatic carbocycles. The van der Waals surface area contributed by atoms with E-state index in [1.165, 1.54) is 25.3 Å². The Labute approximate surface area is 131 Å². The molecule has 2 unspecified atom stereocenters. The van der Waals surface area contributed by atoms with Gasteiger partial charge in [0.05, 0.1) is 4.92 Å². The topological polar surface area (TPSA) is 55.2 Å². The number of nitrogens with zero attached hydrogens (tertiary/aromatic N) is 1. The van der Waals surface area contributed by atoms with E-state index in [-0.39, 0.29) is 10.7 Å². The van der Waals surface area contributed by atoms with E-state index in [1.807, 2.05) is 0 Å². The standard InChI is InChI=1S/C16H23ClN2O2/c1-11(2)12-4-3-5-13(7-6-12)18-14-8-9-16(19(20)21)15(17)10-14/h8-13,18H,3-7H2,1-2H3. The molecule has 2 rings (SSSR count). The minimum Gasteiger partial charge on any atom is -0.382 e. The Hall–Kier alpha value is -1.29. The molecule has 0 aromatic heterocycles. The van der Waals surface area contributed by atoms with Gasteiger partial charge in [-0.2, -0.15) is 0 Å². The lowest BCUT2D eigenvalue weighted by Gasteiger charge is -2.20. The van der Waals surface area contributed by atoms with Gasteiger partial charge in [0.25, 0.3) is 5.69 Å². The molecule has 21 heavy (non-hydrogen) atoms. The molecule has 5 heteroatoms. The summed E-state index contributed by atoms with van der Waals surface area (Å²) >= 11 is 5.96. The van der Waals surface area contributed by atoms with Crippen molar-refractivity contribution in [2.75, 3.05) is 5.32 Å². The molecular weight excluding hydrogens is 288 g/mol. The first-order chi connectivity index (χ1) is 9.97. The summed E-state index contributed by atoms with van der Waals surface area (Å²) in [6.45, 7) is 4.60. The van der Waals surface area contributed by atoms with Gasteiger partial charge in [-0.15, -0.1) is 0 Å². The lowest BCUT2D eigenvalue weighted by molar-refractivity contribution is -0.384. The van der Waals surface area contributed by atoms with Gasteiger partial charge in [0, 0.05) is 17.8 Å². The van der Waals surface area contributed by atoms with Crippen molar-refractivity contribution < 1.29 is 4.92 Å². The molecule has 1 aliphatic rings. The van der Waals surface area contributed by atoms with Crippen LogP contribution in [0.25, 0.3) is 0 Å². The molecule has 0 heterocycles. The van der Waals surface area contributed by atoms with Gasteiger partial charge in [0.1, 0.15) is 5.02 Å². The molecule has 116 valence electrons. The molecule has 0 radical (unpaired) electrons. The van der Waals surface area contributed by atoms with Gasteiger partial charge in [-0.05, 0) is 43.2 Å². The SMILES string of the molecule is CC(C)C1CCCC(Nc2ccc([N+](=O)[O-])c(Cl)c2)CC1. The predicted octanol–water partition coefficient (Wildman–Crippen LogP) is 5.27. The van der Waals surface area contributed by atoms with Gasteiger partial charge >= 0.3 is 0 Å². The molecule has 1 saturated carbocycles. The van der Waals surface area contributed by atoms with Gasteiger partial charge in [-0.25, -0.2) is 0 Å².